The van der Waals surface area contributed by atoms with Crippen LogP contribution in [-0.4, -0.2) is 19.2 Å². The quantitative estimate of drug-likeness (QED) is 0.859. The molecule has 0 bridgehead atoms. The minimum Gasteiger partial charge on any atom is -0.371 e. The molecule has 1 N–H and O–H groups in total. The lowest BCUT2D eigenvalue weighted by Crippen LogP contribution is -2.27. The van der Waals surface area contributed by atoms with Crippen LogP contribution >= 0.6 is 0 Å². The van der Waals surface area contributed by atoms with Crippen molar-refractivity contribution in [1.29, 1.82) is 0 Å². The van der Waals surface area contributed by atoms with Gasteiger partial charge in [-0.05, 0) is 22.8 Å². The van der Waals surface area contributed by atoms with E-state index in [2.05, 4.69) is 11.4 Å². The predicted molar refractivity (Wildman–Crippen MR) is 76.0 cm³/mol. The third-order valence-corrected chi connectivity index (χ3v) is 4.38. The molecule has 0 aliphatic carbocycles. The number of hydrogen-bond acceptors (Lipinski definition) is 2. The highest BCUT2D eigenvalue weighted by atomic mass is 19.1. The summed E-state index contributed by atoms with van der Waals surface area (Å²) in [5, 5.41) is 3.38. The maximum absolute atomic E-state index is 14.1. The molecule has 0 saturated carbocycles. The highest BCUT2D eigenvalue weighted by molar-refractivity contribution is 5.70. The van der Waals surface area contributed by atoms with E-state index in [1.165, 1.54) is 11.6 Å². The molecular weight excluding hydrogens is 253 g/mol. The minimum absolute atomic E-state index is 0.174. The van der Waals surface area contributed by atoms with Crippen molar-refractivity contribution in [1.82, 2.24) is 5.32 Å². The Bertz CT molecular complexity index is 655. The van der Waals surface area contributed by atoms with Crippen molar-refractivity contribution < 1.29 is 9.13 Å². The van der Waals surface area contributed by atoms with E-state index in [1.54, 1.807) is 6.07 Å². The van der Waals surface area contributed by atoms with Crippen LogP contribution in [0.15, 0.2) is 42.5 Å². The van der Waals surface area contributed by atoms with E-state index in [1.807, 2.05) is 24.3 Å². The van der Waals surface area contributed by atoms with Gasteiger partial charge in [0, 0.05) is 24.6 Å². The number of halogens is 1. The summed E-state index contributed by atoms with van der Waals surface area (Å²) in [6, 6.07) is 13.1. The number of benzene rings is 2. The second kappa shape index (κ2) is 4.69. The molecule has 4 rings (SSSR count). The first-order chi connectivity index (χ1) is 9.84. The van der Waals surface area contributed by atoms with Crippen LogP contribution in [0.1, 0.15) is 17.0 Å². The first kappa shape index (κ1) is 12.1. The summed E-state index contributed by atoms with van der Waals surface area (Å²) in [5.74, 6) is 0.220. The third-order valence-electron chi connectivity index (χ3n) is 4.38. The van der Waals surface area contributed by atoms with Crippen molar-refractivity contribution in [2.24, 2.45) is 0 Å². The molecule has 20 heavy (non-hydrogen) atoms. The van der Waals surface area contributed by atoms with Crippen LogP contribution < -0.4 is 5.32 Å². The lowest BCUT2D eigenvalue weighted by molar-refractivity contribution is 0.0302. The maximum Gasteiger partial charge on any atom is 0.131 e. The van der Waals surface area contributed by atoms with Crippen molar-refractivity contribution in [3.05, 3.63) is 59.4 Å². The fourth-order valence-corrected chi connectivity index (χ4v) is 3.38. The molecule has 2 nitrogen and oxygen atoms in total. The summed E-state index contributed by atoms with van der Waals surface area (Å²) < 4.78 is 20.0. The molecule has 2 atom stereocenters. The van der Waals surface area contributed by atoms with Gasteiger partial charge in [0.1, 0.15) is 5.82 Å². The van der Waals surface area contributed by atoms with Gasteiger partial charge in [0.05, 0.1) is 12.7 Å². The molecular formula is C17H16FNO. The van der Waals surface area contributed by atoms with Crippen LogP contribution in [0.5, 0.6) is 0 Å². The van der Waals surface area contributed by atoms with Gasteiger partial charge in [0.25, 0.3) is 0 Å². The van der Waals surface area contributed by atoms with Gasteiger partial charge in [-0.2, -0.15) is 0 Å². The van der Waals surface area contributed by atoms with Crippen molar-refractivity contribution in [2.45, 2.75) is 18.6 Å². The predicted octanol–water partition coefficient (Wildman–Crippen LogP) is 3.08. The fourth-order valence-electron chi connectivity index (χ4n) is 3.38. The lowest BCUT2D eigenvalue weighted by atomic mass is 9.85. The molecule has 102 valence electrons. The third kappa shape index (κ3) is 1.78. The average Bonchev–Trinajstić information content (AvgIpc) is 2.96. The Labute approximate surface area is 117 Å². The van der Waals surface area contributed by atoms with E-state index in [4.69, 9.17) is 4.74 Å². The normalized spacial score (nSPS) is 24.2. The number of hydrogen-bond donors (Lipinski definition) is 1. The molecule has 0 spiro atoms. The molecule has 0 unspecified atom stereocenters. The van der Waals surface area contributed by atoms with Gasteiger partial charge in [-0.15, -0.1) is 0 Å². The number of nitrogens with one attached hydrogen (secondary N) is 1. The van der Waals surface area contributed by atoms with Crippen molar-refractivity contribution >= 4 is 0 Å². The largest absolute Gasteiger partial charge is 0.371 e. The molecule has 2 aromatic carbocycles. The summed E-state index contributed by atoms with van der Waals surface area (Å²) in [6.45, 7) is 2.43. The van der Waals surface area contributed by atoms with E-state index in [0.29, 0.717) is 18.1 Å². The zero-order valence-corrected chi connectivity index (χ0v) is 11.1. The Morgan fingerprint density at radius 1 is 1.00 bits per heavy atom. The Morgan fingerprint density at radius 2 is 1.85 bits per heavy atom. The van der Waals surface area contributed by atoms with Crippen LogP contribution in [0.2, 0.25) is 0 Å². The van der Waals surface area contributed by atoms with Crippen LogP contribution in [0.25, 0.3) is 11.1 Å². The first-order valence-electron chi connectivity index (χ1n) is 7.03. The van der Waals surface area contributed by atoms with E-state index in [0.717, 1.165) is 24.2 Å². The van der Waals surface area contributed by atoms with Gasteiger partial charge >= 0.3 is 0 Å². The van der Waals surface area contributed by atoms with Gasteiger partial charge < -0.3 is 10.1 Å². The monoisotopic (exact) mass is 269 g/mol. The van der Waals surface area contributed by atoms with Crippen LogP contribution in [-0.2, 0) is 11.3 Å². The van der Waals surface area contributed by atoms with Gasteiger partial charge in [-0.3, -0.25) is 0 Å². The van der Waals surface area contributed by atoms with Crippen LogP contribution in [0, 0.1) is 5.82 Å². The Balaban J connectivity index is 1.87. The summed E-state index contributed by atoms with van der Waals surface area (Å²) >= 11 is 0. The van der Waals surface area contributed by atoms with E-state index in [9.17, 15) is 4.39 Å². The van der Waals surface area contributed by atoms with Crippen molar-refractivity contribution in [3.8, 4) is 11.1 Å². The SMILES string of the molecule is Fc1ccccc1-c1cccc2c1CO[C@H]1CNC[C@@H]21. The molecule has 2 heterocycles. The molecule has 0 radical (unpaired) electrons. The van der Waals surface area contributed by atoms with Gasteiger partial charge in [-0.25, -0.2) is 4.39 Å². The molecule has 3 heteroatoms. The first-order valence-corrected chi connectivity index (χ1v) is 7.03. The second-order valence-corrected chi connectivity index (χ2v) is 5.47. The molecule has 2 aliphatic rings. The zero-order valence-electron chi connectivity index (χ0n) is 11.1. The van der Waals surface area contributed by atoms with E-state index >= 15 is 0 Å². The summed E-state index contributed by atoms with van der Waals surface area (Å²) in [6.07, 6.45) is 0.262. The van der Waals surface area contributed by atoms with Gasteiger partial charge in [0.15, 0.2) is 0 Å². The summed E-state index contributed by atoms with van der Waals surface area (Å²) in [5.41, 5.74) is 4.08. The second-order valence-electron chi connectivity index (χ2n) is 5.47. The maximum atomic E-state index is 14.1. The topological polar surface area (TPSA) is 21.3 Å². The van der Waals surface area contributed by atoms with Crippen molar-refractivity contribution in [3.63, 3.8) is 0 Å². The Morgan fingerprint density at radius 3 is 2.75 bits per heavy atom. The van der Waals surface area contributed by atoms with Gasteiger partial charge in [0.2, 0.25) is 0 Å². The molecule has 2 aliphatic heterocycles. The summed E-state index contributed by atoms with van der Waals surface area (Å²) in [4.78, 5) is 0. The van der Waals surface area contributed by atoms with Crippen LogP contribution in [0.3, 0.4) is 0 Å². The molecule has 2 aromatic rings. The number of ether oxygens (including phenoxy) is 1. The minimum atomic E-state index is -0.174. The smallest absolute Gasteiger partial charge is 0.131 e. The highest BCUT2D eigenvalue weighted by Gasteiger charge is 2.35. The molecule has 0 aromatic heterocycles. The molecule has 1 fully saturated rings. The van der Waals surface area contributed by atoms with E-state index in [-0.39, 0.29) is 11.9 Å². The zero-order chi connectivity index (χ0) is 13.5. The van der Waals surface area contributed by atoms with Crippen LogP contribution in [0.4, 0.5) is 4.39 Å². The van der Waals surface area contributed by atoms with Gasteiger partial charge in [-0.1, -0.05) is 36.4 Å². The molecule has 0 amide bonds. The summed E-state index contributed by atoms with van der Waals surface area (Å²) in [7, 11) is 0. The average molecular weight is 269 g/mol. The lowest BCUT2D eigenvalue weighted by Gasteiger charge is -2.29. The Kier molecular flexibility index (Phi) is 2.83. The molecule has 1 saturated heterocycles. The van der Waals surface area contributed by atoms with Crippen molar-refractivity contribution in [2.75, 3.05) is 13.1 Å². The standard InChI is InChI=1S/C17H16FNO/c18-16-7-2-1-4-13(16)11-5-3-6-12-14-8-19-9-17(14)20-10-15(11)12/h1-7,14,17,19H,8-10H2/t14-,17-/m0/s1. The highest BCUT2D eigenvalue weighted by Crippen LogP contribution is 2.38. The Hall–Kier alpha value is -1.71. The number of rotatable bonds is 1. The fraction of sp³-hybridized carbons (Fsp3) is 0.294. The van der Waals surface area contributed by atoms with E-state index < -0.39 is 0 Å². The number of fused-ring (bicyclic) bond motifs is 3.